The van der Waals surface area contributed by atoms with E-state index in [1.165, 1.54) is 0 Å². The van der Waals surface area contributed by atoms with Gasteiger partial charge in [-0.3, -0.25) is 9.35 Å². The highest BCUT2D eigenvalue weighted by Gasteiger charge is 2.17. The molecular weight excluding hydrogens is 172 g/mol. The third-order valence-corrected chi connectivity index (χ3v) is 2.06. The fourth-order valence-corrected chi connectivity index (χ4v) is 0.849. The zero-order chi connectivity index (χ0) is 9.07. The highest BCUT2D eigenvalue weighted by molar-refractivity contribution is 7.86. The molecule has 1 atom stereocenters. The summed E-state index contributed by atoms with van der Waals surface area (Å²) in [7, 11) is -4.23. The van der Waals surface area contributed by atoms with Crippen molar-refractivity contribution < 1.29 is 17.8 Å². The molecule has 5 N–H and O–H groups in total. The van der Waals surface area contributed by atoms with Crippen LogP contribution in [0, 0.1) is 0 Å². The zero-order valence-corrected chi connectivity index (χ0v) is 6.54. The van der Waals surface area contributed by atoms with E-state index in [0.29, 0.717) is 0 Å². The third-order valence-electron chi connectivity index (χ3n) is 1.06. The summed E-state index contributed by atoms with van der Waals surface area (Å²) in [6.07, 6.45) is -0.310. The monoisotopic (exact) mass is 182 g/mol. The maximum atomic E-state index is 10.2. The van der Waals surface area contributed by atoms with Gasteiger partial charge in [0.25, 0.3) is 10.1 Å². The summed E-state index contributed by atoms with van der Waals surface area (Å²) in [4.78, 5) is 10.1. The number of hydrogen-bond donors (Lipinski definition) is 3. The molecule has 0 fully saturated rings. The van der Waals surface area contributed by atoms with Crippen LogP contribution < -0.4 is 11.5 Å². The van der Waals surface area contributed by atoms with Crippen molar-refractivity contribution in [3.8, 4) is 0 Å². The molecule has 0 radical (unpaired) electrons. The van der Waals surface area contributed by atoms with E-state index in [9.17, 15) is 13.2 Å². The van der Waals surface area contributed by atoms with Crippen LogP contribution in [0.3, 0.4) is 0 Å². The van der Waals surface area contributed by atoms with E-state index in [2.05, 4.69) is 0 Å². The Hall–Kier alpha value is -0.660. The topological polar surface area (TPSA) is 123 Å². The molecule has 0 unspecified atom stereocenters. The predicted octanol–water partition coefficient (Wildman–Crippen LogP) is -1.58. The second kappa shape index (κ2) is 3.65. The van der Waals surface area contributed by atoms with Gasteiger partial charge in [-0.2, -0.15) is 8.42 Å². The summed E-state index contributed by atoms with van der Waals surface area (Å²) in [5.41, 5.74) is 9.67. The van der Waals surface area contributed by atoms with Gasteiger partial charge in [-0.25, -0.2) is 0 Å². The average Bonchev–Trinajstić information content (AvgIpc) is 1.80. The largest absolute Gasteiger partial charge is 0.370 e. The second-order valence-corrected chi connectivity index (χ2v) is 3.69. The minimum atomic E-state index is -4.23. The summed E-state index contributed by atoms with van der Waals surface area (Å²) in [5.74, 6) is -0.649. The van der Waals surface area contributed by atoms with Gasteiger partial charge >= 0.3 is 0 Å². The number of amides is 1. The molecule has 0 aromatic rings. The standard InChI is InChI=1S/C4H10N2O4S/c5-3(7)1-2-4(6)11(8,9)10/h4H,1-2,6H2,(H2,5,7)(H,8,9,10)/t4-/m1/s1. The Balaban J connectivity index is 3.90. The number of rotatable bonds is 4. The van der Waals surface area contributed by atoms with Crippen LogP contribution in [0.1, 0.15) is 12.8 Å². The molecule has 0 rings (SSSR count). The Morgan fingerprint density at radius 1 is 1.55 bits per heavy atom. The van der Waals surface area contributed by atoms with Gasteiger partial charge in [0.2, 0.25) is 5.91 Å². The number of carbonyl (C=O) groups excluding carboxylic acids is 1. The van der Waals surface area contributed by atoms with Crippen LogP contribution in [0.15, 0.2) is 0 Å². The van der Waals surface area contributed by atoms with Crippen molar-refractivity contribution in [2.24, 2.45) is 11.5 Å². The van der Waals surface area contributed by atoms with Crippen molar-refractivity contribution in [2.75, 3.05) is 0 Å². The lowest BCUT2D eigenvalue weighted by molar-refractivity contribution is -0.118. The van der Waals surface area contributed by atoms with E-state index >= 15 is 0 Å². The Kier molecular flexibility index (Phi) is 3.43. The highest BCUT2D eigenvalue weighted by atomic mass is 32.2. The molecule has 0 spiro atoms. The maximum absolute atomic E-state index is 10.2. The molecule has 0 saturated heterocycles. The Morgan fingerprint density at radius 3 is 2.27 bits per heavy atom. The normalized spacial score (nSPS) is 14.4. The summed E-state index contributed by atoms with van der Waals surface area (Å²) in [5, 5.41) is -1.42. The predicted molar refractivity (Wildman–Crippen MR) is 38.0 cm³/mol. The van der Waals surface area contributed by atoms with Crippen molar-refractivity contribution in [3.05, 3.63) is 0 Å². The van der Waals surface area contributed by atoms with Gasteiger partial charge in [0.15, 0.2) is 0 Å². The molecule has 6 nitrogen and oxygen atoms in total. The first-order valence-corrected chi connectivity index (χ1v) is 4.34. The summed E-state index contributed by atoms with van der Waals surface area (Å²) in [6.45, 7) is 0. The molecule has 0 aromatic carbocycles. The highest BCUT2D eigenvalue weighted by Crippen LogP contribution is 1.99. The molecule has 66 valence electrons. The van der Waals surface area contributed by atoms with Gasteiger partial charge in [0.1, 0.15) is 5.37 Å². The number of primary amides is 1. The molecule has 7 heteroatoms. The van der Waals surface area contributed by atoms with Crippen LogP contribution in [0.5, 0.6) is 0 Å². The van der Waals surface area contributed by atoms with Gasteiger partial charge < -0.3 is 11.5 Å². The number of carbonyl (C=O) groups is 1. The van der Waals surface area contributed by atoms with Gasteiger partial charge in [-0.1, -0.05) is 0 Å². The zero-order valence-electron chi connectivity index (χ0n) is 5.73. The van der Waals surface area contributed by atoms with E-state index in [1.54, 1.807) is 0 Å². The number of hydrogen-bond acceptors (Lipinski definition) is 4. The first-order valence-electron chi connectivity index (χ1n) is 2.84. The van der Waals surface area contributed by atoms with Crippen molar-refractivity contribution >= 4 is 16.0 Å². The van der Waals surface area contributed by atoms with Crippen molar-refractivity contribution in [3.63, 3.8) is 0 Å². The smallest absolute Gasteiger partial charge is 0.280 e. The molecule has 0 aromatic heterocycles. The van der Waals surface area contributed by atoms with E-state index < -0.39 is 21.4 Å². The van der Waals surface area contributed by atoms with Gasteiger partial charge in [0.05, 0.1) is 0 Å². The Bertz CT molecular complexity index is 234. The second-order valence-electron chi connectivity index (χ2n) is 2.06. The summed E-state index contributed by atoms with van der Waals surface area (Å²) < 4.78 is 28.7. The lowest BCUT2D eigenvalue weighted by Gasteiger charge is -2.04. The molecule has 11 heavy (non-hydrogen) atoms. The lowest BCUT2D eigenvalue weighted by atomic mass is 10.3. The fraction of sp³-hybridized carbons (Fsp3) is 0.750. The molecule has 0 bridgehead atoms. The summed E-state index contributed by atoms with van der Waals surface area (Å²) >= 11 is 0. The van der Waals surface area contributed by atoms with E-state index in [0.717, 1.165) is 0 Å². The molecular formula is C4H10N2O4S. The van der Waals surface area contributed by atoms with Crippen LogP contribution in [0.2, 0.25) is 0 Å². The van der Waals surface area contributed by atoms with Crippen LogP contribution in [0.4, 0.5) is 0 Å². The fourth-order valence-electron chi connectivity index (χ4n) is 0.433. The first-order chi connectivity index (χ1) is 4.84. The minimum absolute atomic E-state index is 0.152. The number of nitrogens with two attached hydrogens (primary N) is 2. The van der Waals surface area contributed by atoms with Crippen molar-refractivity contribution in [2.45, 2.75) is 18.2 Å². The first kappa shape index (κ1) is 10.3. The van der Waals surface area contributed by atoms with Gasteiger partial charge in [0, 0.05) is 6.42 Å². The molecule has 0 heterocycles. The Labute approximate surface area is 64.3 Å². The average molecular weight is 182 g/mol. The van der Waals surface area contributed by atoms with E-state index in [1.807, 2.05) is 0 Å². The SMILES string of the molecule is NC(=O)CC[C@H](N)S(=O)(=O)O. The lowest BCUT2D eigenvalue weighted by Crippen LogP contribution is -2.31. The van der Waals surface area contributed by atoms with E-state index in [-0.39, 0.29) is 12.8 Å². The molecule has 0 saturated carbocycles. The summed E-state index contributed by atoms with van der Waals surface area (Å²) in [6, 6.07) is 0. The van der Waals surface area contributed by atoms with Gasteiger partial charge in [-0.15, -0.1) is 0 Å². The van der Waals surface area contributed by atoms with Crippen LogP contribution in [-0.4, -0.2) is 24.3 Å². The van der Waals surface area contributed by atoms with Crippen molar-refractivity contribution in [1.82, 2.24) is 0 Å². The van der Waals surface area contributed by atoms with Crippen molar-refractivity contribution in [1.29, 1.82) is 0 Å². The molecule has 0 aliphatic heterocycles. The van der Waals surface area contributed by atoms with Crippen LogP contribution >= 0.6 is 0 Å². The minimum Gasteiger partial charge on any atom is -0.370 e. The maximum Gasteiger partial charge on any atom is 0.280 e. The van der Waals surface area contributed by atoms with Gasteiger partial charge in [-0.05, 0) is 6.42 Å². The molecule has 0 aliphatic rings. The third kappa shape index (κ3) is 4.71. The van der Waals surface area contributed by atoms with Crippen LogP contribution in [-0.2, 0) is 14.9 Å². The quantitative estimate of drug-likeness (QED) is 0.453. The molecule has 1 amide bonds. The van der Waals surface area contributed by atoms with Crippen LogP contribution in [0.25, 0.3) is 0 Å². The van der Waals surface area contributed by atoms with E-state index in [4.69, 9.17) is 16.0 Å². The Morgan fingerprint density at radius 2 is 2.00 bits per heavy atom. The molecule has 0 aliphatic carbocycles.